The Morgan fingerprint density at radius 3 is 1.87 bits per heavy atom. The summed E-state index contributed by atoms with van der Waals surface area (Å²) in [6.45, 7) is 0.381. The molecule has 2 aromatic carbocycles. The molecule has 2 aromatic rings. The minimum atomic E-state index is -1.42. The zero-order valence-electron chi connectivity index (χ0n) is 12.4. The standard InChI is InChI=1S/C16H16O7/c1-21-10-2-4-11(5-3-10)22-6-7-23-12-8-13(17)15(16(19)20)14(18)9-12/h2-5,8-9,17-18H,6-7H2,1H3,(H,19,20). The van der Waals surface area contributed by atoms with Gasteiger partial charge in [0.05, 0.1) is 7.11 Å². The largest absolute Gasteiger partial charge is 0.507 e. The van der Waals surface area contributed by atoms with Crippen molar-refractivity contribution < 1.29 is 34.3 Å². The van der Waals surface area contributed by atoms with Crippen LogP contribution < -0.4 is 14.2 Å². The first kappa shape index (κ1) is 16.3. The van der Waals surface area contributed by atoms with Crippen molar-refractivity contribution >= 4 is 5.97 Å². The lowest BCUT2D eigenvalue weighted by molar-refractivity contribution is 0.0690. The number of aromatic carboxylic acids is 1. The lowest BCUT2D eigenvalue weighted by Gasteiger charge is -2.10. The Balaban J connectivity index is 1.87. The monoisotopic (exact) mass is 320 g/mol. The van der Waals surface area contributed by atoms with Gasteiger partial charge < -0.3 is 29.5 Å². The van der Waals surface area contributed by atoms with Gasteiger partial charge in [0.25, 0.3) is 0 Å². The summed E-state index contributed by atoms with van der Waals surface area (Å²) >= 11 is 0. The number of carbonyl (C=O) groups is 1. The molecule has 0 amide bonds. The van der Waals surface area contributed by atoms with E-state index in [9.17, 15) is 15.0 Å². The summed E-state index contributed by atoms with van der Waals surface area (Å²) in [5.41, 5.74) is -0.563. The summed E-state index contributed by atoms with van der Waals surface area (Å²) in [7, 11) is 1.57. The lowest BCUT2D eigenvalue weighted by atomic mass is 10.1. The Morgan fingerprint density at radius 2 is 1.39 bits per heavy atom. The molecule has 122 valence electrons. The molecule has 0 radical (unpaired) electrons. The van der Waals surface area contributed by atoms with Crippen molar-refractivity contribution in [1.29, 1.82) is 0 Å². The summed E-state index contributed by atoms with van der Waals surface area (Å²) in [6, 6.07) is 9.26. The molecule has 0 unspecified atom stereocenters. The Labute approximate surface area is 132 Å². The first-order valence-corrected chi connectivity index (χ1v) is 6.70. The first-order chi connectivity index (χ1) is 11.0. The number of rotatable bonds is 7. The van der Waals surface area contributed by atoms with Crippen LogP contribution in [0, 0.1) is 0 Å². The number of carboxylic acids is 1. The Kier molecular flexibility index (Phi) is 5.14. The summed E-state index contributed by atoms with van der Waals surface area (Å²) in [4.78, 5) is 10.8. The fourth-order valence-corrected chi connectivity index (χ4v) is 1.88. The zero-order valence-corrected chi connectivity index (χ0v) is 12.4. The molecule has 0 bridgehead atoms. The van der Waals surface area contributed by atoms with Gasteiger partial charge in [-0.1, -0.05) is 0 Å². The molecule has 0 heterocycles. The highest BCUT2D eigenvalue weighted by Gasteiger charge is 2.17. The van der Waals surface area contributed by atoms with Crippen molar-refractivity contribution in [1.82, 2.24) is 0 Å². The molecule has 7 nitrogen and oxygen atoms in total. The van der Waals surface area contributed by atoms with Crippen molar-refractivity contribution in [3.63, 3.8) is 0 Å². The molecule has 3 N–H and O–H groups in total. The van der Waals surface area contributed by atoms with Crippen molar-refractivity contribution in [2.45, 2.75) is 0 Å². The number of benzene rings is 2. The third-order valence-corrected chi connectivity index (χ3v) is 2.96. The van der Waals surface area contributed by atoms with Crippen LogP contribution in [0.2, 0.25) is 0 Å². The second-order valence-electron chi connectivity index (χ2n) is 4.51. The highest BCUT2D eigenvalue weighted by Crippen LogP contribution is 2.32. The van der Waals surface area contributed by atoms with Crippen molar-refractivity contribution in [3.05, 3.63) is 42.0 Å². The van der Waals surface area contributed by atoms with E-state index in [0.29, 0.717) is 5.75 Å². The van der Waals surface area contributed by atoms with Gasteiger partial charge >= 0.3 is 5.97 Å². The third kappa shape index (κ3) is 4.19. The summed E-state index contributed by atoms with van der Waals surface area (Å²) in [5.74, 6) is -1.05. The fraction of sp³-hybridized carbons (Fsp3) is 0.188. The minimum absolute atomic E-state index is 0.142. The average molecular weight is 320 g/mol. The van der Waals surface area contributed by atoms with E-state index < -0.39 is 23.0 Å². The molecule has 2 rings (SSSR count). The molecule has 0 spiro atoms. The quantitative estimate of drug-likeness (QED) is 0.672. The number of hydrogen-bond donors (Lipinski definition) is 3. The van der Waals surface area contributed by atoms with Crippen molar-refractivity contribution in [2.75, 3.05) is 20.3 Å². The van der Waals surface area contributed by atoms with Gasteiger partial charge in [-0.3, -0.25) is 0 Å². The number of phenols is 2. The van der Waals surface area contributed by atoms with Crippen LogP contribution in [-0.2, 0) is 0 Å². The van der Waals surface area contributed by atoms with Crippen LogP contribution in [0.15, 0.2) is 36.4 Å². The van der Waals surface area contributed by atoms with E-state index in [2.05, 4.69) is 0 Å². The smallest absolute Gasteiger partial charge is 0.343 e. The van der Waals surface area contributed by atoms with Gasteiger partial charge in [-0.2, -0.15) is 0 Å². The summed E-state index contributed by atoms with van der Waals surface area (Å²) < 4.78 is 15.8. The van der Waals surface area contributed by atoms with Crippen LogP contribution in [0.4, 0.5) is 0 Å². The molecule has 7 heteroatoms. The predicted molar refractivity (Wildman–Crippen MR) is 80.7 cm³/mol. The topological polar surface area (TPSA) is 105 Å². The maximum absolute atomic E-state index is 10.8. The lowest BCUT2D eigenvalue weighted by Crippen LogP contribution is -2.09. The van der Waals surface area contributed by atoms with Gasteiger partial charge in [0.2, 0.25) is 0 Å². The van der Waals surface area contributed by atoms with Crippen molar-refractivity contribution in [3.8, 4) is 28.7 Å². The van der Waals surface area contributed by atoms with Crippen LogP contribution in [0.25, 0.3) is 0 Å². The Bertz CT molecular complexity index is 656. The van der Waals surface area contributed by atoms with Gasteiger partial charge in [0, 0.05) is 12.1 Å². The molecule has 0 saturated heterocycles. The molecule has 0 atom stereocenters. The summed E-state index contributed by atoms with van der Waals surface area (Å²) in [5, 5.41) is 28.0. The minimum Gasteiger partial charge on any atom is -0.507 e. The van der Waals surface area contributed by atoms with E-state index >= 15 is 0 Å². The molecular weight excluding hydrogens is 304 g/mol. The average Bonchev–Trinajstić information content (AvgIpc) is 2.51. The number of hydrogen-bond acceptors (Lipinski definition) is 6. The first-order valence-electron chi connectivity index (χ1n) is 6.70. The maximum atomic E-state index is 10.8. The van der Waals surface area contributed by atoms with E-state index in [1.807, 2.05) is 0 Å². The van der Waals surface area contributed by atoms with Gasteiger partial charge in [-0.05, 0) is 24.3 Å². The van der Waals surface area contributed by atoms with Gasteiger partial charge in [0.15, 0.2) is 0 Å². The van der Waals surface area contributed by atoms with Gasteiger partial charge in [0.1, 0.15) is 47.5 Å². The van der Waals surface area contributed by atoms with E-state index in [0.717, 1.165) is 17.9 Å². The Hall–Kier alpha value is -3.09. The summed E-state index contributed by atoms with van der Waals surface area (Å²) in [6.07, 6.45) is 0. The van der Waals surface area contributed by atoms with E-state index in [4.69, 9.17) is 19.3 Å². The SMILES string of the molecule is COc1ccc(OCCOc2cc(O)c(C(=O)O)c(O)c2)cc1. The van der Waals surface area contributed by atoms with Crippen LogP contribution >= 0.6 is 0 Å². The molecule has 0 aliphatic rings. The molecule has 0 saturated carbocycles. The second-order valence-corrected chi connectivity index (χ2v) is 4.51. The van der Waals surface area contributed by atoms with Gasteiger partial charge in [-0.15, -0.1) is 0 Å². The number of aromatic hydroxyl groups is 2. The van der Waals surface area contributed by atoms with E-state index in [1.165, 1.54) is 0 Å². The highest BCUT2D eigenvalue weighted by molar-refractivity contribution is 5.94. The third-order valence-electron chi connectivity index (χ3n) is 2.96. The van der Waals surface area contributed by atoms with Gasteiger partial charge in [-0.25, -0.2) is 4.79 Å². The Morgan fingerprint density at radius 1 is 0.913 bits per heavy atom. The highest BCUT2D eigenvalue weighted by atomic mass is 16.5. The van der Waals surface area contributed by atoms with Crippen LogP contribution in [-0.4, -0.2) is 41.6 Å². The number of carboxylic acid groups (broad SMARTS) is 1. The van der Waals surface area contributed by atoms with Crippen LogP contribution in [0.3, 0.4) is 0 Å². The second kappa shape index (κ2) is 7.26. The molecule has 0 fully saturated rings. The predicted octanol–water partition coefficient (Wildman–Crippen LogP) is 2.26. The molecular formula is C16H16O7. The van der Waals surface area contributed by atoms with Crippen LogP contribution in [0.5, 0.6) is 28.7 Å². The fourth-order valence-electron chi connectivity index (χ4n) is 1.88. The van der Waals surface area contributed by atoms with E-state index in [1.54, 1.807) is 31.4 Å². The van der Waals surface area contributed by atoms with E-state index in [-0.39, 0.29) is 19.0 Å². The number of methoxy groups -OCH3 is 1. The normalized spacial score (nSPS) is 10.1. The zero-order chi connectivity index (χ0) is 16.8. The molecule has 0 aromatic heterocycles. The maximum Gasteiger partial charge on any atom is 0.343 e. The van der Waals surface area contributed by atoms with Crippen LogP contribution in [0.1, 0.15) is 10.4 Å². The molecule has 0 aliphatic carbocycles. The number of ether oxygens (including phenoxy) is 3. The molecule has 0 aliphatic heterocycles. The van der Waals surface area contributed by atoms with Crippen molar-refractivity contribution in [2.24, 2.45) is 0 Å². The molecule has 23 heavy (non-hydrogen) atoms.